The summed E-state index contributed by atoms with van der Waals surface area (Å²) in [5.41, 5.74) is 1.79. The molecular weight excluding hydrogens is 384 g/mol. The minimum Gasteiger partial charge on any atom is -0.463 e. The zero-order valence-corrected chi connectivity index (χ0v) is 17.6. The van der Waals surface area contributed by atoms with Crippen LogP contribution in [0.2, 0.25) is 0 Å². The Bertz CT molecular complexity index is 809. The van der Waals surface area contributed by atoms with Gasteiger partial charge in [0.25, 0.3) is 0 Å². The molecule has 1 saturated heterocycles. The van der Waals surface area contributed by atoms with Gasteiger partial charge in [0.2, 0.25) is 5.91 Å². The van der Waals surface area contributed by atoms with Crippen LogP contribution in [0.3, 0.4) is 0 Å². The van der Waals surface area contributed by atoms with Crippen molar-refractivity contribution in [1.29, 1.82) is 0 Å². The first kappa shape index (κ1) is 21.8. The molecule has 0 radical (unpaired) electrons. The fraction of sp³-hybridized carbons (Fsp3) is 0.500. The van der Waals surface area contributed by atoms with Crippen molar-refractivity contribution >= 4 is 17.9 Å². The molecule has 0 bridgehead atoms. The Morgan fingerprint density at radius 2 is 2.00 bits per heavy atom. The quantitative estimate of drug-likeness (QED) is 0.592. The van der Waals surface area contributed by atoms with Gasteiger partial charge in [-0.25, -0.2) is 9.59 Å². The highest BCUT2D eigenvalue weighted by atomic mass is 16.5. The van der Waals surface area contributed by atoms with Crippen LogP contribution in [-0.2, 0) is 14.3 Å². The highest BCUT2D eigenvalue weighted by Gasteiger charge is 2.34. The van der Waals surface area contributed by atoms with Crippen molar-refractivity contribution in [2.45, 2.75) is 45.2 Å². The number of hydrogen-bond donors (Lipinski definition) is 3. The maximum absolute atomic E-state index is 12.8. The second-order valence-corrected chi connectivity index (χ2v) is 7.55. The molecule has 3 rings (SSSR count). The molecule has 0 aromatic heterocycles. The number of likely N-dealkylation sites (tertiary alicyclic amines) is 1. The fourth-order valence-corrected chi connectivity index (χ4v) is 3.96. The molecular formula is C22H30N4O4. The van der Waals surface area contributed by atoms with E-state index in [0.29, 0.717) is 30.8 Å². The number of esters is 1. The van der Waals surface area contributed by atoms with Gasteiger partial charge < -0.3 is 20.7 Å². The monoisotopic (exact) mass is 414 g/mol. The van der Waals surface area contributed by atoms with Crippen LogP contribution in [0.25, 0.3) is 0 Å². The van der Waals surface area contributed by atoms with Crippen LogP contribution in [-0.4, -0.2) is 55.1 Å². The zero-order valence-electron chi connectivity index (χ0n) is 17.6. The molecule has 1 aromatic rings. The van der Waals surface area contributed by atoms with E-state index in [4.69, 9.17) is 4.74 Å². The molecule has 2 heterocycles. The van der Waals surface area contributed by atoms with Gasteiger partial charge in [-0.1, -0.05) is 37.3 Å². The zero-order chi connectivity index (χ0) is 21.5. The number of carbonyl (C=O) groups excluding carboxylic acids is 3. The average Bonchev–Trinajstić information content (AvgIpc) is 2.74. The Morgan fingerprint density at radius 3 is 2.70 bits per heavy atom. The van der Waals surface area contributed by atoms with Gasteiger partial charge in [-0.2, -0.15) is 0 Å². The van der Waals surface area contributed by atoms with Crippen LogP contribution in [0.5, 0.6) is 0 Å². The van der Waals surface area contributed by atoms with Crippen LogP contribution in [0.1, 0.15) is 44.7 Å². The molecule has 1 aromatic carbocycles. The number of rotatable bonds is 7. The number of ether oxygens (including phenoxy) is 1. The number of hydrogen-bond acceptors (Lipinski definition) is 5. The minimum absolute atomic E-state index is 0.0348. The molecule has 8 nitrogen and oxygen atoms in total. The normalized spacial score (nSPS) is 22.1. The number of carbonyl (C=O) groups is 3. The summed E-state index contributed by atoms with van der Waals surface area (Å²) in [7, 11) is 0. The summed E-state index contributed by atoms with van der Waals surface area (Å²) < 4.78 is 5.31. The third-order valence-electron chi connectivity index (χ3n) is 5.36. The van der Waals surface area contributed by atoms with E-state index in [0.717, 1.165) is 24.9 Å². The van der Waals surface area contributed by atoms with Gasteiger partial charge in [-0.05, 0) is 31.9 Å². The van der Waals surface area contributed by atoms with Crippen LogP contribution in [0, 0.1) is 0 Å². The number of nitrogens with zero attached hydrogens (tertiary/aromatic N) is 1. The largest absolute Gasteiger partial charge is 0.463 e. The molecule has 0 saturated carbocycles. The summed E-state index contributed by atoms with van der Waals surface area (Å²) >= 11 is 0. The summed E-state index contributed by atoms with van der Waals surface area (Å²) in [6, 6.07) is 8.54. The summed E-state index contributed by atoms with van der Waals surface area (Å²) in [5.74, 6) is -0.408. The van der Waals surface area contributed by atoms with E-state index >= 15 is 0 Å². The predicted octanol–water partition coefficient (Wildman–Crippen LogP) is 1.85. The van der Waals surface area contributed by atoms with Crippen LogP contribution >= 0.6 is 0 Å². The van der Waals surface area contributed by atoms with Gasteiger partial charge in [0.1, 0.15) is 0 Å². The lowest BCUT2D eigenvalue weighted by atomic mass is 9.94. The maximum Gasteiger partial charge on any atom is 0.338 e. The molecule has 3 N–H and O–H groups in total. The standard InChI is InChI=1S/C22H30N4O4/c1-3-18(27)23-16-11-8-12-26(13-16)14-17-19(21(28)30-4-2)20(25-22(29)24-17)15-9-6-5-7-10-15/h5-7,9-10,16,20H,3-4,8,11-14H2,1-2H3,(H,23,27)(H2,24,25,29). The fourth-order valence-electron chi connectivity index (χ4n) is 3.96. The number of amides is 3. The summed E-state index contributed by atoms with van der Waals surface area (Å²) in [5, 5.41) is 8.71. The van der Waals surface area contributed by atoms with Crippen molar-refractivity contribution in [3.05, 3.63) is 47.2 Å². The number of urea groups is 1. The average molecular weight is 415 g/mol. The first-order valence-corrected chi connectivity index (χ1v) is 10.6. The lowest BCUT2D eigenvalue weighted by Gasteiger charge is -2.36. The van der Waals surface area contributed by atoms with Gasteiger partial charge in [0.05, 0.1) is 18.2 Å². The molecule has 2 unspecified atom stereocenters. The Labute approximate surface area is 177 Å². The van der Waals surface area contributed by atoms with E-state index in [1.54, 1.807) is 6.92 Å². The van der Waals surface area contributed by atoms with Gasteiger partial charge in [-0.3, -0.25) is 9.69 Å². The minimum atomic E-state index is -0.575. The second kappa shape index (κ2) is 10.2. The predicted molar refractivity (Wildman–Crippen MR) is 112 cm³/mol. The van der Waals surface area contributed by atoms with Gasteiger partial charge >= 0.3 is 12.0 Å². The van der Waals surface area contributed by atoms with Crippen LogP contribution in [0.4, 0.5) is 4.79 Å². The van der Waals surface area contributed by atoms with Gasteiger partial charge in [0.15, 0.2) is 0 Å². The molecule has 1 fully saturated rings. The Hall–Kier alpha value is -2.87. The Morgan fingerprint density at radius 1 is 1.23 bits per heavy atom. The Balaban J connectivity index is 1.86. The van der Waals surface area contributed by atoms with E-state index in [2.05, 4.69) is 20.9 Å². The molecule has 162 valence electrons. The number of nitrogens with one attached hydrogen (secondary N) is 3. The third kappa shape index (κ3) is 5.38. The smallest absolute Gasteiger partial charge is 0.338 e. The summed E-state index contributed by atoms with van der Waals surface area (Å²) in [6.07, 6.45) is 2.31. The Kier molecular flexibility index (Phi) is 7.46. The van der Waals surface area contributed by atoms with Crippen molar-refractivity contribution in [2.75, 3.05) is 26.2 Å². The van der Waals surface area contributed by atoms with Crippen molar-refractivity contribution in [3.8, 4) is 0 Å². The summed E-state index contributed by atoms with van der Waals surface area (Å²) in [6.45, 7) is 5.75. The lowest BCUT2D eigenvalue weighted by molar-refractivity contribution is -0.139. The van der Waals surface area contributed by atoms with E-state index in [1.165, 1.54) is 0 Å². The van der Waals surface area contributed by atoms with Gasteiger partial charge in [0, 0.05) is 31.2 Å². The number of piperidine rings is 1. The molecule has 2 atom stereocenters. The molecule has 30 heavy (non-hydrogen) atoms. The first-order valence-electron chi connectivity index (χ1n) is 10.6. The molecule has 0 spiro atoms. The topological polar surface area (TPSA) is 99.8 Å². The molecule has 8 heteroatoms. The van der Waals surface area contributed by atoms with Crippen LogP contribution in [0.15, 0.2) is 41.6 Å². The van der Waals surface area contributed by atoms with Crippen molar-refractivity contribution in [2.24, 2.45) is 0 Å². The highest BCUT2D eigenvalue weighted by molar-refractivity contribution is 5.95. The third-order valence-corrected chi connectivity index (χ3v) is 5.36. The van der Waals surface area contributed by atoms with E-state index in [9.17, 15) is 14.4 Å². The number of benzene rings is 1. The lowest BCUT2D eigenvalue weighted by Crippen LogP contribution is -2.52. The first-order chi connectivity index (χ1) is 14.5. The SMILES string of the molecule is CCOC(=O)C1=C(CN2CCCC(NC(=O)CC)C2)NC(=O)NC1c1ccccc1. The van der Waals surface area contributed by atoms with Gasteiger partial charge in [-0.15, -0.1) is 0 Å². The van der Waals surface area contributed by atoms with Crippen molar-refractivity contribution in [3.63, 3.8) is 0 Å². The van der Waals surface area contributed by atoms with Crippen LogP contribution < -0.4 is 16.0 Å². The molecule has 2 aliphatic heterocycles. The molecule has 3 amide bonds. The van der Waals surface area contributed by atoms with E-state index in [-0.39, 0.29) is 24.6 Å². The van der Waals surface area contributed by atoms with Crippen molar-refractivity contribution in [1.82, 2.24) is 20.9 Å². The second-order valence-electron chi connectivity index (χ2n) is 7.55. The molecule has 2 aliphatic rings. The molecule has 0 aliphatic carbocycles. The maximum atomic E-state index is 12.8. The van der Waals surface area contributed by atoms with Crippen molar-refractivity contribution < 1.29 is 19.1 Å². The van der Waals surface area contributed by atoms with E-state index < -0.39 is 12.0 Å². The summed E-state index contributed by atoms with van der Waals surface area (Å²) in [4.78, 5) is 39.2. The highest BCUT2D eigenvalue weighted by Crippen LogP contribution is 2.28. The van der Waals surface area contributed by atoms with E-state index in [1.807, 2.05) is 37.3 Å².